The Morgan fingerprint density at radius 1 is 1.17 bits per heavy atom. The van der Waals surface area contributed by atoms with Gasteiger partial charge in [-0.1, -0.05) is 0 Å². The molecule has 90 valence electrons. The maximum Gasteiger partial charge on any atom is 0.239 e. The third-order valence-corrected chi connectivity index (χ3v) is 2.46. The highest BCUT2D eigenvalue weighted by molar-refractivity contribution is 5.48. The lowest BCUT2D eigenvalue weighted by molar-refractivity contribution is 0.449. The highest BCUT2D eigenvalue weighted by Crippen LogP contribution is 2.28. The predicted molar refractivity (Wildman–Crippen MR) is 67.1 cm³/mol. The van der Waals surface area contributed by atoms with E-state index in [1.165, 1.54) is 0 Å². The highest BCUT2D eigenvalue weighted by atomic mass is 16.5. The number of nitriles is 1. The molecule has 0 aliphatic carbocycles. The van der Waals surface area contributed by atoms with E-state index >= 15 is 0 Å². The van der Waals surface area contributed by atoms with Crippen molar-refractivity contribution in [3.05, 3.63) is 41.0 Å². The molecule has 0 spiro atoms. The third kappa shape index (κ3) is 2.38. The number of hydrogen-bond donors (Lipinski definition) is 1. The Balaban J connectivity index is 2.35. The molecule has 0 saturated carbocycles. The van der Waals surface area contributed by atoms with Gasteiger partial charge in [-0.3, -0.25) is 0 Å². The number of anilines is 1. The standard InChI is InChI=1S/C13H12N4O/c1-8-5-10(7-14)6-9(2)13(8)18-12-4-3-11(15)16-17-12/h3-6H,1-2H3,(H2,15,16). The maximum atomic E-state index is 8.87. The summed E-state index contributed by atoms with van der Waals surface area (Å²) < 4.78 is 5.66. The fourth-order valence-electron chi connectivity index (χ4n) is 1.67. The molecule has 0 aliphatic rings. The molecule has 5 nitrogen and oxygen atoms in total. The molecule has 1 aromatic carbocycles. The Labute approximate surface area is 105 Å². The summed E-state index contributed by atoms with van der Waals surface area (Å²) in [5.74, 6) is 1.41. The zero-order chi connectivity index (χ0) is 13.1. The van der Waals surface area contributed by atoms with Crippen LogP contribution in [0, 0.1) is 25.2 Å². The lowest BCUT2D eigenvalue weighted by atomic mass is 10.1. The number of nitrogens with zero attached hydrogens (tertiary/aromatic N) is 3. The predicted octanol–water partition coefficient (Wildman–Crippen LogP) is 2.34. The molecule has 2 rings (SSSR count). The van der Waals surface area contributed by atoms with Gasteiger partial charge in [0.15, 0.2) is 0 Å². The molecule has 1 heterocycles. The van der Waals surface area contributed by atoms with Crippen LogP contribution in [-0.4, -0.2) is 10.2 Å². The normalized spacial score (nSPS) is 9.83. The maximum absolute atomic E-state index is 8.87. The first-order valence-corrected chi connectivity index (χ1v) is 5.38. The van der Waals surface area contributed by atoms with Gasteiger partial charge in [-0.05, 0) is 43.2 Å². The lowest BCUT2D eigenvalue weighted by Crippen LogP contribution is -1.97. The van der Waals surface area contributed by atoms with Crippen molar-refractivity contribution in [1.82, 2.24) is 10.2 Å². The third-order valence-electron chi connectivity index (χ3n) is 2.46. The van der Waals surface area contributed by atoms with E-state index in [1.54, 1.807) is 24.3 Å². The number of nitrogens with two attached hydrogens (primary N) is 1. The number of nitrogen functional groups attached to an aromatic ring is 1. The molecule has 0 atom stereocenters. The number of hydrogen-bond acceptors (Lipinski definition) is 5. The van der Waals surface area contributed by atoms with Gasteiger partial charge in [-0.2, -0.15) is 5.26 Å². The molecule has 0 radical (unpaired) electrons. The molecule has 0 amide bonds. The van der Waals surface area contributed by atoms with Crippen molar-refractivity contribution < 1.29 is 4.74 Å². The van der Waals surface area contributed by atoms with E-state index in [1.807, 2.05) is 13.8 Å². The summed E-state index contributed by atoms with van der Waals surface area (Å²) in [6.45, 7) is 3.77. The molecule has 18 heavy (non-hydrogen) atoms. The van der Waals surface area contributed by atoms with Gasteiger partial charge in [0.2, 0.25) is 5.88 Å². The van der Waals surface area contributed by atoms with Crippen molar-refractivity contribution in [2.75, 3.05) is 5.73 Å². The van der Waals surface area contributed by atoms with Gasteiger partial charge >= 0.3 is 0 Å². The van der Waals surface area contributed by atoms with Crippen LogP contribution in [-0.2, 0) is 0 Å². The molecule has 0 bridgehead atoms. The largest absolute Gasteiger partial charge is 0.437 e. The second-order valence-electron chi connectivity index (χ2n) is 3.95. The van der Waals surface area contributed by atoms with E-state index < -0.39 is 0 Å². The van der Waals surface area contributed by atoms with E-state index in [9.17, 15) is 0 Å². The first-order chi connectivity index (χ1) is 8.60. The Kier molecular flexibility index (Phi) is 3.11. The summed E-state index contributed by atoms with van der Waals surface area (Å²) >= 11 is 0. The molecule has 0 fully saturated rings. The number of benzene rings is 1. The lowest BCUT2D eigenvalue weighted by Gasteiger charge is -2.10. The fraction of sp³-hybridized carbons (Fsp3) is 0.154. The van der Waals surface area contributed by atoms with Gasteiger partial charge in [0.05, 0.1) is 11.6 Å². The molecule has 0 unspecified atom stereocenters. The molecule has 0 saturated heterocycles. The monoisotopic (exact) mass is 240 g/mol. The average molecular weight is 240 g/mol. The van der Waals surface area contributed by atoms with Crippen molar-refractivity contribution in [2.24, 2.45) is 0 Å². The van der Waals surface area contributed by atoms with Crippen molar-refractivity contribution in [3.8, 4) is 17.7 Å². The molecule has 2 aromatic rings. The number of aryl methyl sites for hydroxylation is 2. The SMILES string of the molecule is Cc1cc(C#N)cc(C)c1Oc1ccc(N)nn1. The van der Waals surface area contributed by atoms with Crippen LogP contribution >= 0.6 is 0 Å². The second kappa shape index (κ2) is 4.72. The van der Waals surface area contributed by atoms with Crippen LogP contribution in [0.25, 0.3) is 0 Å². The van der Waals surface area contributed by atoms with Crippen LogP contribution in [0.5, 0.6) is 11.6 Å². The van der Waals surface area contributed by atoms with Crippen molar-refractivity contribution >= 4 is 5.82 Å². The summed E-state index contributed by atoms with van der Waals surface area (Å²) in [6.07, 6.45) is 0. The van der Waals surface area contributed by atoms with Crippen molar-refractivity contribution in [3.63, 3.8) is 0 Å². The molecule has 2 N–H and O–H groups in total. The summed E-state index contributed by atoms with van der Waals surface area (Å²) in [4.78, 5) is 0. The zero-order valence-electron chi connectivity index (χ0n) is 10.1. The minimum absolute atomic E-state index is 0.343. The van der Waals surface area contributed by atoms with E-state index in [0.29, 0.717) is 23.0 Å². The first-order valence-electron chi connectivity index (χ1n) is 5.38. The van der Waals surface area contributed by atoms with Crippen LogP contribution in [0.1, 0.15) is 16.7 Å². The number of rotatable bonds is 2. The van der Waals surface area contributed by atoms with E-state index in [2.05, 4.69) is 16.3 Å². The van der Waals surface area contributed by atoms with Crippen molar-refractivity contribution in [1.29, 1.82) is 5.26 Å². The Morgan fingerprint density at radius 2 is 1.83 bits per heavy atom. The van der Waals surface area contributed by atoms with E-state index in [-0.39, 0.29) is 0 Å². The second-order valence-corrected chi connectivity index (χ2v) is 3.95. The summed E-state index contributed by atoms with van der Waals surface area (Å²) in [6, 6.07) is 8.92. The van der Waals surface area contributed by atoms with E-state index in [0.717, 1.165) is 11.1 Å². The molecular weight excluding hydrogens is 228 g/mol. The van der Waals surface area contributed by atoms with Gasteiger partial charge in [0.1, 0.15) is 11.6 Å². The molecular formula is C13H12N4O. The Bertz CT molecular complexity index is 591. The minimum atomic E-state index is 0.343. The molecule has 0 aliphatic heterocycles. The zero-order valence-corrected chi connectivity index (χ0v) is 10.1. The average Bonchev–Trinajstić information content (AvgIpc) is 2.35. The van der Waals surface area contributed by atoms with Gasteiger partial charge < -0.3 is 10.5 Å². The van der Waals surface area contributed by atoms with Crippen LogP contribution in [0.2, 0.25) is 0 Å². The van der Waals surface area contributed by atoms with Gasteiger partial charge in [-0.25, -0.2) is 0 Å². The topological polar surface area (TPSA) is 84.8 Å². The molecule has 5 heteroatoms. The van der Waals surface area contributed by atoms with Gasteiger partial charge in [0, 0.05) is 6.07 Å². The molecule has 1 aromatic heterocycles. The Hall–Kier alpha value is -2.61. The highest BCUT2D eigenvalue weighted by Gasteiger charge is 2.08. The minimum Gasteiger partial charge on any atom is -0.437 e. The van der Waals surface area contributed by atoms with Crippen LogP contribution < -0.4 is 10.5 Å². The Morgan fingerprint density at radius 3 is 2.33 bits per heavy atom. The fourth-order valence-corrected chi connectivity index (χ4v) is 1.67. The first kappa shape index (κ1) is 11.9. The van der Waals surface area contributed by atoms with Crippen LogP contribution in [0.3, 0.4) is 0 Å². The number of aromatic nitrogens is 2. The van der Waals surface area contributed by atoms with Crippen LogP contribution in [0.15, 0.2) is 24.3 Å². The van der Waals surface area contributed by atoms with E-state index in [4.69, 9.17) is 15.7 Å². The van der Waals surface area contributed by atoms with Gasteiger partial charge in [0.25, 0.3) is 0 Å². The quantitative estimate of drug-likeness (QED) is 0.870. The number of ether oxygens (including phenoxy) is 1. The summed E-state index contributed by atoms with van der Waals surface area (Å²) in [5, 5.41) is 16.4. The summed E-state index contributed by atoms with van der Waals surface area (Å²) in [7, 11) is 0. The summed E-state index contributed by atoms with van der Waals surface area (Å²) in [5.41, 5.74) is 7.82. The van der Waals surface area contributed by atoms with Crippen molar-refractivity contribution in [2.45, 2.75) is 13.8 Å². The van der Waals surface area contributed by atoms with Crippen LogP contribution in [0.4, 0.5) is 5.82 Å². The smallest absolute Gasteiger partial charge is 0.239 e. The van der Waals surface area contributed by atoms with Gasteiger partial charge in [-0.15, -0.1) is 10.2 Å².